The molecule has 1 aromatic heterocycles. The maximum absolute atomic E-state index is 12.4. The summed E-state index contributed by atoms with van der Waals surface area (Å²) >= 11 is 0. The molecule has 1 amide bonds. The highest BCUT2D eigenvalue weighted by molar-refractivity contribution is 5.79. The van der Waals surface area contributed by atoms with Gasteiger partial charge in [-0.15, -0.1) is 0 Å². The van der Waals surface area contributed by atoms with Crippen LogP contribution in [0, 0.1) is 5.92 Å². The predicted octanol–water partition coefficient (Wildman–Crippen LogP) is 2.03. The van der Waals surface area contributed by atoms with Crippen molar-refractivity contribution in [1.82, 2.24) is 15.1 Å². The molecule has 26 heavy (non-hydrogen) atoms. The second kappa shape index (κ2) is 8.65. The number of benzene rings is 1. The van der Waals surface area contributed by atoms with Crippen molar-refractivity contribution in [1.29, 1.82) is 0 Å². The van der Waals surface area contributed by atoms with E-state index in [-0.39, 0.29) is 17.4 Å². The minimum Gasteiger partial charge on any atom is -0.369 e. The van der Waals surface area contributed by atoms with Crippen molar-refractivity contribution in [3.05, 3.63) is 58.5 Å². The first-order valence-corrected chi connectivity index (χ1v) is 9.31. The van der Waals surface area contributed by atoms with Gasteiger partial charge in [-0.1, -0.05) is 37.3 Å². The third-order valence-corrected chi connectivity index (χ3v) is 4.74. The van der Waals surface area contributed by atoms with Crippen molar-refractivity contribution in [2.24, 2.45) is 5.92 Å². The van der Waals surface area contributed by atoms with Gasteiger partial charge in [-0.3, -0.25) is 9.59 Å². The Kier molecular flexibility index (Phi) is 6.04. The van der Waals surface area contributed by atoms with Crippen LogP contribution in [0.2, 0.25) is 0 Å². The lowest BCUT2D eigenvalue weighted by Gasteiger charge is -2.33. The number of hydrogen-bond acceptors (Lipinski definition) is 4. The molecule has 0 radical (unpaired) electrons. The summed E-state index contributed by atoms with van der Waals surface area (Å²) in [6.07, 6.45) is 4.50. The van der Waals surface area contributed by atoms with Crippen LogP contribution in [0.3, 0.4) is 0 Å². The molecule has 1 atom stereocenters. The van der Waals surface area contributed by atoms with Crippen molar-refractivity contribution < 1.29 is 4.79 Å². The molecule has 1 aromatic carbocycles. The number of nitrogens with zero attached hydrogens (tertiary/aromatic N) is 3. The average Bonchev–Trinajstić information content (AvgIpc) is 2.68. The molecule has 0 saturated carbocycles. The van der Waals surface area contributed by atoms with Gasteiger partial charge in [-0.05, 0) is 24.8 Å². The first-order valence-electron chi connectivity index (χ1n) is 9.31. The molecule has 2 heterocycles. The van der Waals surface area contributed by atoms with E-state index in [0.717, 1.165) is 37.1 Å². The van der Waals surface area contributed by atoms with Gasteiger partial charge in [-0.2, -0.15) is 5.10 Å². The first kappa shape index (κ1) is 18.2. The van der Waals surface area contributed by atoms with Crippen LogP contribution in [0.5, 0.6) is 0 Å². The summed E-state index contributed by atoms with van der Waals surface area (Å²) in [6.45, 7) is 4.71. The zero-order chi connectivity index (χ0) is 18.4. The van der Waals surface area contributed by atoms with E-state index in [1.54, 1.807) is 12.3 Å². The average molecular weight is 354 g/mol. The molecule has 1 aliphatic heterocycles. The Morgan fingerprint density at radius 3 is 2.85 bits per heavy atom. The maximum Gasteiger partial charge on any atom is 0.269 e. The molecule has 3 rings (SSSR count). The second-order valence-electron chi connectivity index (χ2n) is 6.77. The van der Waals surface area contributed by atoms with Gasteiger partial charge in [0, 0.05) is 25.7 Å². The van der Waals surface area contributed by atoms with Crippen molar-refractivity contribution >= 4 is 11.6 Å². The van der Waals surface area contributed by atoms with Crippen LogP contribution < -0.4 is 15.8 Å². The SMILES string of the molecule is CCCNC(=O)[C@H]1CCCN(c2cnn(Cc3ccccc3)c(=O)c2)C1. The Morgan fingerprint density at radius 2 is 2.12 bits per heavy atom. The molecule has 1 aliphatic rings. The largest absolute Gasteiger partial charge is 0.369 e. The number of carbonyl (C=O) groups excluding carboxylic acids is 1. The topological polar surface area (TPSA) is 67.2 Å². The standard InChI is InChI=1S/C20H26N4O2/c1-2-10-21-20(26)17-9-6-11-23(15-17)18-12-19(25)24(22-13-18)14-16-7-4-3-5-8-16/h3-5,7-8,12-13,17H,2,6,9-11,14-15H2,1H3,(H,21,26)/t17-/m0/s1. The monoisotopic (exact) mass is 354 g/mol. The van der Waals surface area contributed by atoms with Gasteiger partial charge in [0.15, 0.2) is 0 Å². The van der Waals surface area contributed by atoms with Gasteiger partial charge >= 0.3 is 0 Å². The van der Waals surface area contributed by atoms with Crippen LogP contribution >= 0.6 is 0 Å². The summed E-state index contributed by atoms with van der Waals surface area (Å²) in [4.78, 5) is 26.8. The molecular weight excluding hydrogens is 328 g/mol. The highest BCUT2D eigenvalue weighted by Crippen LogP contribution is 2.21. The van der Waals surface area contributed by atoms with E-state index in [0.29, 0.717) is 19.6 Å². The zero-order valence-electron chi connectivity index (χ0n) is 15.2. The number of nitrogens with one attached hydrogen (secondary N) is 1. The Hall–Kier alpha value is -2.63. The van der Waals surface area contributed by atoms with Gasteiger partial charge in [0.2, 0.25) is 5.91 Å². The molecule has 1 N–H and O–H groups in total. The van der Waals surface area contributed by atoms with Crippen LogP contribution in [0.25, 0.3) is 0 Å². The number of aromatic nitrogens is 2. The molecule has 2 aromatic rings. The minimum atomic E-state index is -0.121. The predicted molar refractivity (Wildman–Crippen MR) is 102 cm³/mol. The smallest absolute Gasteiger partial charge is 0.269 e. The summed E-state index contributed by atoms with van der Waals surface area (Å²) in [7, 11) is 0. The molecule has 0 unspecified atom stereocenters. The Labute approximate surface area is 153 Å². The molecule has 1 fully saturated rings. The Morgan fingerprint density at radius 1 is 1.31 bits per heavy atom. The summed E-state index contributed by atoms with van der Waals surface area (Å²) < 4.78 is 1.47. The number of rotatable bonds is 6. The molecule has 138 valence electrons. The number of hydrogen-bond donors (Lipinski definition) is 1. The van der Waals surface area contributed by atoms with Gasteiger partial charge in [0.25, 0.3) is 5.56 Å². The summed E-state index contributed by atoms with van der Waals surface area (Å²) in [5.41, 5.74) is 1.72. The van der Waals surface area contributed by atoms with E-state index >= 15 is 0 Å². The van der Waals surface area contributed by atoms with Gasteiger partial charge in [-0.25, -0.2) is 4.68 Å². The van der Waals surface area contributed by atoms with E-state index in [2.05, 4.69) is 15.3 Å². The van der Waals surface area contributed by atoms with Crippen molar-refractivity contribution in [2.45, 2.75) is 32.7 Å². The van der Waals surface area contributed by atoms with E-state index < -0.39 is 0 Å². The molecular formula is C20H26N4O2. The van der Waals surface area contributed by atoms with E-state index in [1.807, 2.05) is 37.3 Å². The highest BCUT2D eigenvalue weighted by atomic mass is 16.2. The maximum atomic E-state index is 12.4. The lowest BCUT2D eigenvalue weighted by atomic mass is 9.97. The molecule has 0 spiro atoms. The van der Waals surface area contributed by atoms with Crippen LogP contribution in [-0.4, -0.2) is 35.3 Å². The van der Waals surface area contributed by atoms with Gasteiger partial charge in [0.05, 0.1) is 24.3 Å². The second-order valence-corrected chi connectivity index (χ2v) is 6.77. The third kappa shape index (κ3) is 4.50. The fourth-order valence-electron chi connectivity index (χ4n) is 3.29. The fraction of sp³-hybridized carbons (Fsp3) is 0.450. The lowest BCUT2D eigenvalue weighted by molar-refractivity contribution is -0.125. The van der Waals surface area contributed by atoms with Crippen LogP contribution in [0.15, 0.2) is 47.4 Å². The van der Waals surface area contributed by atoms with E-state index in [4.69, 9.17) is 0 Å². The molecule has 6 nitrogen and oxygen atoms in total. The molecule has 6 heteroatoms. The van der Waals surface area contributed by atoms with Crippen molar-refractivity contribution in [3.8, 4) is 0 Å². The molecule has 0 aliphatic carbocycles. The normalized spacial score (nSPS) is 17.1. The highest BCUT2D eigenvalue weighted by Gasteiger charge is 2.26. The van der Waals surface area contributed by atoms with Gasteiger partial charge in [0.1, 0.15) is 0 Å². The summed E-state index contributed by atoms with van der Waals surface area (Å²) in [6, 6.07) is 11.4. The Bertz CT molecular complexity index is 788. The minimum absolute atomic E-state index is 0.0259. The fourth-order valence-corrected chi connectivity index (χ4v) is 3.29. The summed E-state index contributed by atoms with van der Waals surface area (Å²) in [5, 5.41) is 7.30. The lowest BCUT2D eigenvalue weighted by Crippen LogP contribution is -2.43. The molecule has 0 bridgehead atoms. The number of anilines is 1. The van der Waals surface area contributed by atoms with Crippen LogP contribution in [0.4, 0.5) is 5.69 Å². The van der Waals surface area contributed by atoms with Crippen LogP contribution in [0.1, 0.15) is 31.7 Å². The number of piperidine rings is 1. The number of carbonyl (C=O) groups is 1. The van der Waals surface area contributed by atoms with Crippen molar-refractivity contribution in [2.75, 3.05) is 24.5 Å². The quantitative estimate of drug-likeness (QED) is 0.862. The zero-order valence-corrected chi connectivity index (χ0v) is 15.2. The summed E-state index contributed by atoms with van der Waals surface area (Å²) in [5.74, 6) is 0.0870. The van der Waals surface area contributed by atoms with Gasteiger partial charge < -0.3 is 10.2 Å². The van der Waals surface area contributed by atoms with Crippen LogP contribution in [-0.2, 0) is 11.3 Å². The number of amides is 1. The van der Waals surface area contributed by atoms with E-state index in [1.165, 1.54) is 4.68 Å². The van der Waals surface area contributed by atoms with E-state index in [9.17, 15) is 9.59 Å². The first-order chi connectivity index (χ1) is 12.7. The van der Waals surface area contributed by atoms with Crippen molar-refractivity contribution in [3.63, 3.8) is 0 Å². The Balaban J connectivity index is 1.68. The molecule has 1 saturated heterocycles. The third-order valence-electron chi connectivity index (χ3n) is 4.74.